The molecule has 0 bridgehead atoms. The summed E-state index contributed by atoms with van der Waals surface area (Å²) in [6, 6.07) is 6.01. The lowest BCUT2D eigenvalue weighted by atomic mass is 10.1. The van der Waals surface area contributed by atoms with Crippen molar-refractivity contribution in [3.63, 3.8) is 0 Å². The number of urea groups is 1. The van der Waals surface area contributed by atoms with Crippen LogP contribution in [0.15, 0.2) is 18.2 Å². The third kappa shape index (κ3) is 5.32. The summed E-state index contributed by atoms with van der Waals surface area (Å²) >= 11 is 0. The van der Waals surface area contributed by atoms with Gasteiger partial charge in [0.25, 0.3) is 0 Å². The van der Waals surface area contributed by atoms with Crippen LogP contribution in [0.1, 0.15) is 18.4 Å². The van der Waals surface area contributed by atoms with Crippen molar-refractivity contribution in [2.75, 3.05) is 40.9 Å². The van der Waals surface area contributed by atoms with Crippen LogP contribution >= 0.6 is 0 Å². The number of ether oxygens (including phenoxy) is 2. The van der Waals surface area contributed by atoms with Gasteiger partial charge >= 0.3 is 6.03 Å². The van der Waals surface area contributed by atoms with Crippen molar-refractivity contribution in [2.45, 2.75) is 25.3 Å². The van der Waals surface area contributed by atoms with Crippen molar-refractivity contribution in [3.8, 4) is 11.5 Å². The van der Waals surface area contributed by atoms with Crippen LogP contribution in [0.5, 0.6) is 11.5 Å². The summed E-state index contributed by atoms with van der Waals surface area (Å²) in [7, 11) is 5.35. The second-order valence-corrected chi connectivity index (χ2v) is 5.92. The van der Waals surface area contributed by atoms with Gasteiger partial charge in [0.1, 0.15) is 0 Å². The fourth-order valence-electron chi connectivity index (χ4n) is 2.75. The van der Waals surface area contributed by atoms with Crippen molar-refractivity contribution in [3.05, 3.63) is 23.8 Å². The van der Waals surface area contributed by atoms with E-state index in [-0.39, 0.29) is 12.1 Å². The molecule has 1 aliphatic heterocycles. The van der Waals surface area contributed by atoms with Crippen LogP contribution in [-0.4, -0.2) is 57.9 Å². The maximum Gasteiger partial charge on any atom is 0.315 e. The highest BCUT2D eigenvalue weighted by Crippen LogP contribution is 2.27. The summed E-state index contributed by atoms with van der Waals surface area (Å²) in [6.07, 6.45) is 2.78. The number of rotatable bonds is 6. The van der Waals surface area contributed by atoms with Gasteiger partial charge in [-0.15, -0.1) is 0 Å². The first-order valence-corrected chi connectivity index (χ1v) is 8.06. The van der Waals surface area contributed by atoms with Crippen molar-refractivity contribution >= 4 is 6.03 Å². The van der Waals surface area contributed by atoms with Crippen LogP contribution < -0.4 is 20.1 Å². The minimum absolute atomic E-state index is 0.0833. The van der Waals surface area contributed by atoms with Crippen LogP contribution in [0.25, 0.3) is 0 Å². The number of carbonyl (C=O) groups excluding carboxylic acids is 1. The van der Waals surface area contributed by atoms with E-state index in [2.05, 4.69) is 22.6 Å². The molecule has 0 aromatic heterocycles. The Bertz CT molecular complexity index is 514. The molecule has 6 nitrogen and oxygen atoms in total. The number of hydrogen-bond acceptors (Lipinski definition) is 4. The maximum atomic E-state index is 11.9. The molecule has 2 N–H and O–H groups in total. The molecule has 0 unspecified atom stereocenters. The molecule has 0 aliphatic carbocycles. The molecular formula is C17H27N3O3. The predicted octanol–water partition coefficient (Wildman–Crippen LogP) is 1.64. The van der Waals surface area contributed by atoms with Crippen LogP contribution in [0.2, 0.25) is 0 Å². The number of hydrogen-bond donors (Lipinski definition) is 2. The zero-order valence-electron chi connectivity index (χ0n) is 14.2. The van der Waals surface area contributed by atoms with Crippen molar-refractivity contribution in [1.82, 2.24) is 15.5 Å². The van der Waals surface area contributed by atoms with Gasteiger partial charge in [0, 0.05) is 12.6 Å². The number of amides is 2. The predicted molar refractivity (Wildman–Crippen MR) is 90.3 cm³/mol. The molecule has 1 aliphatic rings. The Morgan fingerprint density at radius 3 is 2.57 bits per heavy atom. The van der Waals surface area contributed by atoms with Gasteiger partial charge in [-0.3, -0.25) is 0 Å². The molecule has 0 spiro atoms. The molecule has 1 aromatic carbocycles. The van der Waals surface area contributed by atoms with E-state index in [0.29, 0.717) is 18.0 Å². The lowest BCUT2D eigenvalue weighted by Crippen LogP contribution is -2.47. The van der Waals surface area contributed by atoms with Gasteiger partial charge in [-0.05, 0) is 57.1 Å². The van der Waals surface area contributed by atoms with Crippen molar-refractivity contribution < 1.29 is 14.3 Å². The average Bonchev–Trinajstić information content (AvgIpc) is 2.56. The monoisotopic (exact) mass is 321 g/mol. The molecule has 0 radical (unpaired) electrons. The first-order chi connectivity index (χ1) is 11.1. The van der Waals surface area contributed by atoms with E-state index in [0.717, 1.165) is 37.9 Å². The largest absolute Gasteiger partial charge is 0.493 e. The summed E-state index contributed by atoms with van der Waals surface area (Å²) in [5.74, 6) is 1.42. The van der Waals surface area contributed by atoms with E-state index in [9.17, 15) is 4.79 Å². The second-order valence-electron chi connectivity index (χ2n) is 5.92. The zero-order chi connectivity index (χ0) is 16.7. The maximum absolute atomic E-state index is 11.9. The zero-order valence-corrected chi connectivity index (χ0v) is 14.2. The Morgan fingerprint density at radius 1 is 1.22 bits per heavy atom. The molecule has 0 atom stereocenters. The van der Waals surface area contributed by atoms with E-state index in [1.807, 2.05) is 18.2 Å². The summed E-state index contributed by atoms with van der Waals surface area (Å²) in [5, 5.41) is 5.97. The topological polar surface area (TPSA) is 62.8 Å². The van der Waals surface area contributed by atoms with Crippen LogP contribution in [0.3, 0.4) is 0 Å². The minimum Gasteiger partial charge on any atom is -0.493 e. The lowest BCUT2D eigenvalue weighted by molar-refractivity contribution is 0.214. The lowest BCUT2D eigenvalue weighted by Gasteiger charge is -2.29. The third-order valence-corrected chi connectivity index (χ3v) is 4.20. The van der Waals surface area contributed by atoms with E-state index in [1.54, 1.807) is 14.2 Å². The number of piperidine rings is 1. The third-order valence-electron chi connectivity index (χ3n) is 4.20. The van der Waals surface area contributed by atoms with Gasteiger partial charge in [0.2, 0.25) is 0 Å². The highest BCUT2D eigenvalue weighted by atomic mass is 16.5. The van der Waals surface area contributed by atoms with Gasteiger partial charge in [-0.1, -0.05) is 6.07 Å². The van der Waals surface area contributed by atoms with E-state index >= 15 is 0 Å². The summed E-state index contributed by atoms with van der Waals surface area (Å²) in [4.78, 5) is 14.2. The molecule has 6 heteroatoms. The molecule has 1 saturated heterocycles. The number of nitrogens with zero attached hydrogens (tertiary/aromatic N) is 1. The Labute approximate surface area is 138 Å². The van der Waals surface area contributed by atoms with Gasteiger partial charge in [0.15, 0.2) is 11.5 Å². The summed E-state index contributed by atoms with van der Waals surface area (Å²) in [6.45, 7) is 2.67. The first kappa shape index (κ1) is 17.4. The molecule has 1 heterocycles. The molecule has 2 rings (SSSR count). The Kier molecular flexibility index (Phi) is 6.52. The number of likely N-dealkylation sites (tertiary alicyclic amines) is 1. The quantitative estimate of drug-likeness (QED) is 0.836. The second kappa shape index (κ2) is 8.62. The Hall–Kier alpha value is -1.95. The fourth-order valence-corrected chi connectivity index (χ4v) is 2.75. The highest BCUT2D eigenvalue weighted by Gasteiger charge is 2.18. The normalized spacial score (nSPS) is 16.0. The van der Waals surface area contributed by atoms with Gasteiger partial charge in [-0.25, -0.2) is 4.79 Å². The van der Waals surface area contributed by atoms with Crippen molar-refractivity contribution in [1.29, 1.82) is 0 Å². The number of methoxy groups -OCH3 is 2. The van der Waals surface area contributed by atoms with E-state index in [1.165, 1.54) is 0 Å². The smallest absolute Gasteiger partial charge is 0.315 e. The number of benzene rings is 1. The SMILES string of the molecule is COc1ccc(CCNC(=O)NC2CCN(C)CC2)cc1OC. The fraction of sp³-hybridized carbons (Fsp3) is 0.588. The standard InChI is InChI=1S/C17H27N3O3/c1-20-10-7-14(8-11-20)19-17(21)18-9-6-13-4-5-15(22-2)16(12-13)23-3/h4-5,12,14H,6-11H2,1-3H3,(H2,18,19,21). The number of nitrogens with one attached hydrogen (secondary N) is 2. The van der Waals surface area contributed by atoms with E-state index in [4.69, 9.17) is 9.47 Å². The molecule has 1 fully saturated rings. The Balaban J connectivity index is 1.73. The van der Waals surface area contributed by atoms with E-state index < -0.39 is 0 Å². The van der Waals surface area contributed by atoms with Crippen molar-refractivity contribution in [2.24, 2.45) is 0 Å². The van der Waals surface area contributed by atoms with Crippen LogP contribution in [0, 0.1) is 0 Å². The first-order valence-electron chi connectivity index (χ1n) is 8.06. The molecule has 128 valence electrons. The number of carbonyl (C=O) groups is 1. The minimum atomic E-state index is -0.0833. The summed E-state index contributed by atoms with van der Waals surface area (Å²) in [5.41, 5.74) is 1.10. The summed E-state index contributed by atoms with van der Waals surface area (Å²) < 4.78 is 10.5. The molecular weight excluding hydrogens is 294 g/mol. The average molecular weight is 321 g/mol. The van der Waals surface area contributed by atoms with Gasteiger partial charge in [-0.2, -0.15) is 0 Å². The molecule has 0 saturated carbocycles. The Morgan fingerprint density at radius 2 is 1.91 bits per heavy atom. The van der Waals surface area contributed by atoms with Gasteiger partial charge in [0.05, 0.1) is 14.2 Å². The highest BCUT2D eigenvalue weighted by molar-refractivity contribution is 5.74. The molecule has 2 amide bonds. The van der Waals surface area contributed by atoms with Gasteiger partial charge < -0.3 is 25.0 Å². The van der Waals surface area contributed by atoms with Crippen LogP contribution in [-0.2, 0) is 6.42 Å². The molecule has 23 heavy (non-hydrogen) atoms. The van der Waals surface area contributed by atoms with Crippen LogP contribution in [0.4, 0.5) is 4.79 Å². The molecule has 1 aromatic rings.